The summed E-state index contributed by atoms with van der Waals surface area (Å²) < 4.78 is 6.17. The maximum atomic E-state index is 12.1. The van der Waals surface area contributed by atoms with Gasteiger partial charge < -0.3 is 15.4 Å². The van der Waals surface area contributed by atoms with E-state index in [0.717, 1.165) is 22.3 Å². The Morgan fingerprint density at radius 2 is 1.83 bits per heavy atom. The van der Waals surface area contributed by atoms with Crippen LogP contribution in [0.2, 0.25) is 0 Å². The molecule has 2 rings (SSSR count). The lowest BCUT2D eigenvalue weighted by Crippen LogP contribution is -2.87. The molecule has 0 aromatic heterocycles. The number of anilines is 1. The topological polar surface area (TPSA) is 54.9 Å². The minimum absolute atomic E-state index is 0.00858. The molecular weight excluding hydrogens is 356 g/mol. The van der Waals surface area contributed by atoms with Crippen LogP contribution in [0.4, 0.5) is 5.69 Å². The van der Waals surface area contributed by atoms with E-state index < -0.39 is 0 Å². The predicted molar refractivity (Wildman–Crippen MR) is 95.6 cm³/mol. The summed E-state index contributed by atoms with van der Waals surface area (Å²) in [5.74, 6) is 0.765. The lowest BCUT2D eigenvalue weighted by Gasteiger charge is -2.14. The summed E-state index contributed by atoms with van der Waals surface area (Å²) >= 11 is 3.44. The van der Waals surface area contributed by atoms with E-state index in [2.05, 4.69) is 45.6 Å². The molecule has 0 aliphatic heterocycles. The molecule has 0 aliphatic carbocycles. The molecule has 23 heavy (non-hydrogen) atoms. The SMILES string of the molecule is CC[C@H]([NH2+]CC(=O)Nc1ccc(OC)cc1)c1ccc(Br)cc1. The van der Waals surface area contributed by atoms with Gasteiger partial charge in [-0.05, 0) is 36.4 Å². The summed E-state index contributed by atoms with van der Waals surface area (Å²) in [5, 5.41) is 4.97. The first-order valence-corrected chi connectivity index (χ1v) is 8.44. The maximum absolute atomic E-state index is 12.1. The van der Waals surface area contributed by atoms with Crippen LogP contribution in [0.25, 0.3) is 0 Å². The van der Waals surface area contributed by atoms with E-state index in [-0.39, 0.29) is 11.9 Å². The summed E-state index contributed by atoms with van der Waals surface area (Å²) in [4.78, 5) is 12.1. The smallest absolute Gasteiger partial charge is 0.279 e. The molecule has 3 N–H and O–H groups in total. The zero-order chi connectivity index (χ0) is 16.7. The average molecular weight is 378 g/mol. The van der Waals surface area contributed by atoms with Crippen LogP contribution in [0, 0.1) is 0 Å². The Labute approximate surface area is 145 Å². The minimum Gasteiger partial charge on any atom is -0.497 e. The standard InChI is InChI=1S/C18H21BrN2O2/c1-3-17(13-4-6-14(19)7-5-13)20-12-18(22)21-15-8-10-16(23-2)11-9-15/h4-11,17,20H,3,12H2,1-2H3,(H,21,22)/p+1/t17-/m0/s1. The first-order valence-electron chi connectivity index (χ1n) is 7.65. The van der Waals surface area contributed by atoms with E-state index in [1.54, 1.807) is 7.11 Å². The molecule has 2 aromatic rings. The molecule has 1 amide bonds. The molecule has 4 nitrogen and oxygen atoms in total. The molecule has 0 radical (unpaired) electrons. The van der Waals surface area contributed by atoms with E-state index >= 15 is 0 Å². The second-order valence-corrected chi connectivity index (χ2v) is 6.20. The van der Waals surface area contributed by atoms with Gasteiger partial charge in [0, 0.05) is 22.1 Å². The first kappa shape index (κ1) is 17.5. The number of carbonyl (C=O) groups is 1. The monoisotopic (exact) mass is 377 g/mol. The third-order valence-electron chi connectivity index (χ3n) is 3.70. The summed E-state index contributed by atoms with van der Waals surface area (Å²) in [7, 11) is 1.62. The van der Waals surface area contributed by atoms with Crippen molar-refractivity contribution in [1.29, 1.82) is 0 Å². The number of methoxy groups -OCH3 is 1. The third-order valence-corrected chi connectivity index (χ3v) is 4.23. The van der Waals surface area contributed by atoms with Crippen molar-refractivity contribution in [2.45, 2.75) is 19.4 Å². The highest BCUT2D eigenvalue weighted by Gasteiger charge is 2.14. The molecule has 0 bridgehead atoms. The largest absolute Gasteiger partial charge is 0.497 e. The van der Waals surface area contributed by atoms with Crippen LogP contribution >= 0.6 is 15.9 Å². The van der Waals surface area contributed by atoms with Crippen molar-refractivity contribution in [1.82, 2.24) is 0 Å². The molecule has 122 valence electrons. The van der Waals surface area contributed by atoms with Crippen molar-refractivity contribution >= 4 is 27.5 Å². The fourth-order valence-corrected chi connectivity index (χ4v) is 2.65. The van der Waals surface area contributed by atoms with Gasteiger partial charge in [0.2, 0.25) is 0 Å². The Bertz CT molecular complexity index is 626. The van der Waals surface area contributed by atoms with Crippen molar-refractivity contribution < 1.29 is 14.8 Å². The summed E-state index contributed by atoms with van der Waals surface area (Å²) in [6, 6.07) is 15.9. The van der Waals surface area contributed by atoms with Crippen LogP contribution in [0.1, 0.15) is 24.9 Å². The number of nitrogens with two attached hydrogens (primary N) is 1. The Kier molecular flexibility index (Phi) is 6.62. The van der Waals surface area contributed by atoms with Crippen LogP contribution in [-0.2, 0) is 4.79 Å². The molecule has 0 fully saturated rings. The van der Waals surface area contributed by atoms with Crippen LogP contribution in [-0.4, -0.2) is 19.6 Å². The molecule has 0 saturated heterocycles. The summed E-state index contributed by atoms with van der Waals surface area (Å²) in [5.41, 5.74) is 2.01. The predicted octanol–water partition coefficient (Wildman–Crippen LogP) is 3.11. The Morgan fingerprint density at radius 1 is 1.17 bits per heavy atom. The lowest BCUT2D eigenvalue weighted by atomic mass is 10.0. The van der Waals surface area contributed by atoms with Crippen LogP contribution < -0.4 is 15.4 Å². The van der Waals surface area contributed by atoms with Gasteiger partial charge in [-0.3, -0.25) is 4.79 Å². The quantitative estimate of drug-likeness (QED) is 0.778. The number of hydrogen-bond donors (Lipinski definition) is 2. The fourth-order valence-electron chi connectivity index (χ4n) is 2.38. The number of nitrogens with one attached hydrogen (secondary N) is 1. The molecule has 0 aliphatic rings. The molecule has 0 spiro atoms. The van der Waals surface area contributed by atoms with Gasteiger partial charge in [-0.1, -0.05) is 35.0 Å². The summed E-state index contributed by atoms with van der Waals surface area (Å²) in [6.45, 7) is 2.52. The number of hydrogen-bond acceptors (Lipinski definition) is 2. The average Bonchev–Trinajstić information content (AvgIpc) is 2.57. The zero-order valence-electron chi connectivity index (χ0n) is 13.4. The van der Waals surface area contributed by atoms with Crippen molar-refractivity contribution in [3.8, 4) is 5.75 Å². The molecule has 1 atom stereocenters. The van der Waals surface area contributed by atoms with Crippen LogP contribution in [0.15, 0.2) is 53.0 Å². The van der Waals surface area contributed by atoms with E-state index in [9.17, 15) is 4.79 Å². The summed E-state index contributed by atoms with van der Waals surface area (Å²) in [6.07, 6.45) is 0.970. The van der Waals surface area contributed by atoms with Gasteiger partial charge in [-0.25, -0.2) is 0 Å². The number of carbonyl (C=O) groups excluding carboxylic acids is 1. The number of halogens is 1. The van der Waals surface area contributed by atoms with Crippen molar-refractivity contribution in [3.63, 3.8) is 0 Å². The van der Waals surface area contributed by atoms with Gasteiger partial charge in [0.15, 0.2) is 6.54 Å². The van der Waals surface area contributed by atoms with Crippen molar-refractivity contribution in [3.05, 3.63) is 58.6 Å². The zero-order valence-corrected chi connectivity index (χ0v) is 15.0. The number of amides is 1. The van der Waals surface area contributed by atoms with E-state index in [1.165, 1.54) is 5.56 Å². The molecule has 2 aromatic carbocycles. The molecule has 0 heterocycles. The third kappa shape index (κ3) is 5.37. The van der Waals surface area contributed by atoms with Gasteiger partial charge in [0.25, 0.3) is 5.91 Å². The van der Waals surface area contributed by atoms with Gasteiger partial charge >= 0.3 is 0 Å². The lowest BCUT2D eigenvalue weighted by molar-refractivity contribution is -0.686. The second-order valence-electron chi connectivity index (χ2n) is 5.28. The normalized spacial score (nSPS) is 11.8. The Balaban J connectivity index is 1.87. The Morgan fingerprint density at radius 3 is 2.39 bits per heavy atom. The van der Waals surface area contributed by atoms with Gasteiger partial charge in [0.1, 0.15) is 11.8 Å². The second kappa shape index (κ2) is 8.70. The van der Waals surface area contributed by atoms with Gasteiger partial charge in [-0.2, -0.15) is 0 Å². The number of ether oxygens (including phenoxy) is 1. The molecular formula is C18H22BrN2O2+. The van der Waals surface area contributed by atoms with Gasteiger partial charge in [0.05, 0.1) is 7.11 Å². The van der Waals surface area contributed by atoms with E-state index in [0.29, 0.717) is 6.54 Å². The van der Waals surface area contributed by atoms with Crippen molar-refractivity contribution in [2.75, 3.05) is 19.0 Å². The number of rotatable bonds is 7. The van der Waals surface area contributed by atoms with E-state index in [1.807, 2.05) is 36.4 Å². The van der Waals surface area contributed by atoms with E-state index in [4.69, 9.17) is 4.74 Å². The highest BCUT2D eigenvalue weighted by atomic mass is 79.9. The van der Waals surface area contributed by atoms with Crippen molar-refractivity contribution in [2.24, 2.45) is 0 Å². The van der Waals surface area contributed by atoms with Crippen LogP contribution in [0.3, 0.4) is 0 Å². The molecule has 0 unspecified atom stereocenters. The minimum atomic E-state index is -0.00858. The fraction of sp³-hybridized carbons (Fsp3) is 0.278. The van der Waals surface area contributed by atoms with Crippen LogP contribution in [0.5, 0.6) is 5.75 Å². The molecule has 5 heteroatoms. The first-order chi connectivity index (χ1) is 11.1. The highest BCUT2D eigenvalue weighted by Crippen LogP contribution is 2.17. The number of quaternary nitrogens is 1. The maximum Gasteiger partial charge on any atom is 0.279 e. The Hall–Kier alpha value is -1.85. The highest BCUT2D eigenvalue weighted by molar-refractivity contribution is 9.10. The number of benzene rings is 2. The molecule has 0 saturated carbocycles. The van der Waals surface area contributed by atoms with Gasteiger partial charge in [-0.15, -0.1) is 0 Å².